The number of carbonyl (C=O) groups excluding carboxylic acids is 1. The van der Waals surface area contributed by atoms with Gasteiger partial charge in [0.2, 0.25) is 0 Å². The third-order valence-corrected chi connectivity index (χ3v) is 6.00. The molecule has 4 rings (SSSR count). The molecular formula is C27H32N4O2. The number of aromatic nitrogens is 1. The molecule has 0 saturated heterocycles. The highest BCUT2D eigenvalue weighted by molar-refractivity contribution is 5.99. The fourth-order valence-corrected chi connectivity index (χ4v) is 4.10. The average Bonchev–Trinajstić information content (AvgIpc) is 2.95. The fourth-order valence-electron chi connectivity index (χ4n) is 4.10. The van der Waals surface area contributed by atoms with Crippen molar-refractivity contribution < 1.29 is 9.53 Å². The third kappa shape index (κ3) is 5.52. The number of nitrogens with zero attached hydrogens (tertiary/aromatic N) is 3. The summed E-state index contributed by atoms with van der Waals surface area (Å²) in [6, 6.07) is 22.2. The van der Waals surface area contributed by atoms with E-state index in [0.717, 1.165) is 42.3 Å². The molecule has 1 N–H and O–H groups in total. The molecule has 172 valence electrons. The Bertz CT molecular complexity index is 1070. The van der Waals surface area contributed by atoms with Gasteiger partial charge in [-0.3, -0.25) is 4.79 Å². The number of carbonyl (C=O) groups is 1. The van der Waals surface area contributed by atoms with E-state index < -0.39 is 0 Å². The summed E-state index contributed by atoms with van der Waals surface area (Å²) in [5, 5.41) is 3.21. The lowest BCUT2D eigenvalue weighted by atomic mass is 10.1. The fraction of sp³-hybridized carbons (Fsp3) is 0.333. The van der Waals surface area contributed by atoms with Crippen molar-refractivity contribution in [1.29, 1.82) is 0 Å². The summed E-state index contributed by atoms with van der Waals surface area (Å²) >= 11 is 0. The highest BCUT2D eigenvalue weighted by Crippen LogP contribution is 2.26. The van der Waals surface area contributed by atoms with E-state index >= 15 is 0 Å². The van der Waals surface area contributed by atoms with E-state index in [-0.39, 0.29) is 12.0 Å². The number of hydrogen-bond acceptors (Lipinski definition) is 5. The number of ether oxygens (including phenoxy) is 1. The van der Waals surface area contributed by atoms with Crippen LogP contribution in [0.1, 0.15) is 39.7 Å². The van der Waals surface area contributed by atoms with E-state index in [9.17, 15) is 4.79 Å². The van der Waals surface area contributed by atoms with Gasteiger partial charge in [0.1, 0.15) is 17.7 Å². The molecule has 1 unspecified atom stereocenters. The van der Waals surface area contributed by atoms with Crippen LogP contribution in [0, 0.1) is 6.92 Å². The van der Waals surface area contributed by atoms with E-state index in [2.05, 4.69) is 27.3 Å². The Morgan fingerprint density at radius 3 is 2.52 bits per heavy atom. The number of pyridine rings is 1. The summed E-state index contributed by atoms with van der Waals surface area (Å²) in [5.74, 6) is 1.62. The van der Waals surface area contributed by atoms with Crippen molar-refractivity contribution >= 4 is 11.7 Å². The number of likely N-dealkylation sites (N-methyl/N-ethyl adjacent to an activating group) is 1. The van der Waals surface area contributed by atoms with Gasteiger partial charge < -0.3 is 19.9 Å². The Hall–Kier alpha value is -3.38. The van der Waals surface area contributed by atoms with Crippen LogP contribution >= 0.6 is 0 Å². The molecule has 2 aromatic carbocycles. The molecule has 3 aromatic rings. The Kier molecular flexibility index (Phi) is 7.25. The van der Waals surface area contributed by atoms with Gasteiger partial charge in [0, 0.05) is 38.8 Å². The van der Waals surface area contributed by atoms with E-state index in [1.807, 2.05) is 80.5 Å². The van der Waals surface area contributed by atoms with Gasteiger partial charge in [0.25, 0.3) is 5.91 Å². The quantitative estimate of drug-likeness (QED) is 0.564. The third-order valence-electron chi connectivity index (χ3n) is 6.00. The lowest BCUT2D eigenvalue weighted by molar-refractivity contribution is 0.0754. The number of nitrogens with one attached hydrogen (secondary N) is 1. The molecule has 1 amide bonds. The zero-order valence-corrected chi connectivity index (χ0v) is 19.6. The van der Waals surface area contributed by atoms with Crippen LogP contribution < -0.4 is 15.0 Å². The zero-order valence-electron chi connectivity index (χ0n) is 19.6. The van der Waals surface area contributed by atoms with Crippen LogP contribution in [-0.2, 0) is 6.54 Å². The minimum absolute atomic E-state index is 0.0142. The second kappa shape index (κ2) is 10.5. The van der Waals surface area contributed by atoms with Gasteiger partial charge >= 0.3 is 0 Å². The van der Waals surface area contributed by atoms with Crippen LogP contribution in [0.4, 0.5) is 5.82 Å². The normalized spacial score (nSPS) is 14.6. The molecule has 33 heavy (non-hydrogen) atoms. The second-order valence-electron chi connectivity index (χ2n) is 8.53. The second-order valence-corrected chi connectivity index (χ2v) is 8.53. The van der Waals surface area contributed by atoms with Gasteiger partial charge in [-0.15, -0.1) is 0 Å². The van der Waals surface area contributed by atoms with Crippen LogP contribution in [0.2, 0.25) is 0 Å². The highest BCUT2D eigenvalue weighted by atomic mass is 16.5. The zero-order chi connectivity index (χ0) is 23.2. The van der Waals surface area contributed by atoms with Crippen molar-refractivity contribution in [1.82, 2.24) is 15.2 Å². The molecule has 1 atom stereocenters. The largest absolute Gasteiger partial charge is 0.486 e. The van der Waals surface area contributed by atoms with E-state index in [4.69, 9.17) is 4.74 Å². The van der Waals surface area contributed by atoms with Crippen molar-refractivity contribution in [3.05, 3.63) is 89.1 Å². The Morgan fingerprint density at radius 1 is 1.03 bits per heavy atom. The molecular weight excluding hydrogens is 412 g/mol. The van der Waals surface area contributed by atoms with Crippen molar-refractivity contribution in [2.24, 2.45) is 0 Å². The Balaban J connectivity index is 1.46. The average molecular weight is 445 g/mol. The number of hydrogen-bond donors (Lipinski definition) is 1. The molecule has 0 fully saturated rings. The summed E-state index contributed by atoms with van der Waals surface area (Å²) in [4.78, 5) is 21.7. The Labute approximate surface area is 196 Å². The summed E-state index contributed by atoms with van der Waals surface area (Å²) in [6.07, 6.45) is 0.866. The summed E-state index contributed by atoms with van der Waals surface area (Å²) < 4.78 is 6.32. The maximum Gasteiger partial charge on any atom is 0.257 e. The van der Waals surface area contributed by atoms with Gasteiger partial charge in [-0.05, 0) is 55.9 Å². The SMILES string of the molecule is CNCCC(Oc1ccc(CN2CCN(C)c3nc(C)ccc3C2=O)cc1)c1ccccc1. The van der Waals surface area contributed by atoms with Crippen LogP contribution in [0.15, 0.2) is 66.7 Å². The standard InChI is InChI=1S/C27H32N4O2/c1-20-9-14-24-26(29-20)30(3)17-18-31(27(24)32)19-21-10-12-23(13-11-21)33-25(15-16-28-2)22-7-5-4-6-8-22/h4-14,25,28H,15-19H2,1-3H3. The molecule has 6 heteroatoms. The minimum Gasteiger partial charge on any atom is -0.486 e. The van der Waals surface area contributed by atoms with Crippen molar-refractivity contribution in [2.45, 2.75) is 26.0 Å². The molecule has 0 aliphatic carbocycles. The van der Waals surface area contributed by atoms with E-state index in [0.29, 0.717) is 18.7 Å². The number of benzene rings is 2. The Morgan fingerprint density at radius 2 is 1.79 bits per heavy atom. The number of fused-ring (bicyclic) bond motifs is 1. The topological polar surface area (TPSA) is 57.7 Å². The van der Waals surface area contributed by atoms with Crippen molar-refractivity contribution in [3.8, 4) is 5.75 Å². The first-order valence-electron chi connectivity index (χ1n) is 11.5. The van der Waals surface area contributed by atoms with Crippen molar-refractivity contribution in [3.63, 3.8) is 0 Å². The van der Waals surface area contributed by atoms with Crippen LogP contribution in [0.5, 0.6) is 5.75 Å². The molecule has 1 aliphatic heterocycles. The predicted molar refractivity (Wildman–Crippen MR) is 132 cm³/mol. The number of aryl methyl sites for hydroxylation is 1. The van der Waals surface area contributed by atoms with Crippen LogP contribution in [-0.4, -0.2) is 49.5 Å². The summed E-state index contributed by atoms with van der Waals surface area (Å²) in [6.45, 7) is 4.79. The van der Waals surface area contributed by atoms with Gasteiger partial charge in [0.15, 0.2) is 0 Å². The van der Waals surface area contributed by atoms with Gasteiger partial charge in [-0.25, -0.2) is 4.98 Å². The first-order valence-corrected chi connectivity index (χ1v) is 11.5. The predicted octanol–water partition coefficient (Wildman–Crippen LogP) is 4.21. The van der Waals surface area contributed by atoms with E-state index in [1.165, 1.54) is 5.56 Å². The summed E-state index contributed by atoms with van der Waals surface area (Å²) in [7, 11) is 3.94. The molecule has 0 saturated carbocycles. The van der Waals surface area contributed by atoms with E-state index in [1.54, 1.807) is 0 Å². The first kappa shape index (κ1) is 22.8. The van der Waals surface area contributed by atoms with Gasteiger partial charge in [0.05, 0.1) is 5.56 Å². The summed E-state index contributed by atoms with van der Waals surface area (Å²) in [5.41, 5.74) is 3.82. The molecule has 1 aromatic heterocycles. The molecule has 0 bridgehead atoms. The van der Waals surface area contributed by atoms with Crippen molar-refractivity contribution in [2.75, 3.05) is 38.6 Å². The molecule has 6 nitrogen and oxygen atoms in total. The number of rotatable bonds is 8. The highest BCUT2D eigenvalue weighted by Gasteiger charge is 2.26. The lowest BCUT2D eigenvalue weighted by Gasteiger charge is -2.22. The first-order chi connectivity index (χ1) is 16.0. The number of anilines is 1. The van der Waals surface area contributed by atoms with Gasteiger partial charge in [-0.1, -0.05) is 42.5 Å². The molecule has 0 spiro atoms. The molecule has 2 heterocycles. The monoisotopic (exact) mass is 444 g/mol. The minimum atomic E-state index is -0.0142. The van der Waals surface area contributed by atoms with Crippen LogP contribution in [0.25, 0.3) is 0 Å². The molecule has 1 aliphatic rings. The molecule has 0 radical (unpaired) electrons. The van der Waals surface area contributed by atoms with Crippen LogP contribution in [0.3, 0.4) is 0 Å². The number of amides is 1. The smallest absolute Gasteiger partial charge is 0.257 e. The maximum atomic E-state index is 13.2. The maximum absolute atomic E-state index is 13.2. The lowest BCUT2D eigenvalue weighted by Crippen LogP contribution is -2.33. The van der Waals surface area contributed by atoms with Gasteiger partial charge in [-0.2, -0.15) is 0 Å².